The summed E-state index contributed by atoms with van der Waals surface area (Å²) in [5.74, 6) is -0.304. The van der Waals surface area contributed by atoms with Crippen LogP contribution in [0.1, 0.15) is 34.2 Å². The molecule has 152 valence electrons. The van der Waals surface area contributed by atoms with E-state index in [9.17, 15) is 9.90 Å². The fourth-order valence-electron chi connectivity index (χ4n) is 3.67. The van der Waals surface area contributed by atoms with Crippen molar-refractivity contribution in [3.05, 3.63) is 82.4 Å². The maximum atomic E-state index is 11.2. The predicted octanol–water partition coefficient (Wildman–Crippen LogP) is 3.39. The summed E-state index contributed by atoms with van der Waals surface area (Å²) < 4.78 is 0. The molecule has 0 aromatic heterocycles. The maximum absolute atomic E-state index is 11.2. The van der Waals surface area contributed by atoms with Crippen LogP contribution in [-0.4, -0.2) is 47.2 Å². The van der Waals surface area contributed by atoms with Gasteiger partial charge in [-0.05, 0) is 53.7 Å². The number of aryl methyl sites for hydroxylation is 1. The number of benzene rings is 2. The van der Waals surface area contributed by atoms with Crippen LogP contribution < -0.4 is 0 Å². The van der Waals surface area contributed by atoms with Gasteiger partial charge in [0.05, 0.1) is 6.61 Å². The first-order chi connectivity index (χ1) is 14.1. The van der Waals surface area contributed by atoms with Gasteiger partial charge in [0.25, 0.3) is 0 Å². The van der Waals surface area contributed by atoms with Gasteiger partial charge in [-0.25, -0.2) is 0 Å². The van der Waals surface area contributed by atoms with E-state index in [4.69, 9.17) is 5.11 Å². The first-order valence-corrected chi connectivity index (χ1v) is 10.1. The molecular formula is C25H29NO3. The average molecular weight is 392 g/mol. The maximum Gasteiger partial charge on any atom is 0.181 e. The van der Waals surface area contributed by atoms with E-state index in [1.54, 1.807) is 6.08 Å². The molecule has 1 aliphatic rings. The number of nitrogens with zero attached hydrogens (tertiary/aromatic N) is 1. The minimum absolute atomic E-state index is 0.138. The topological polar surface area (TPSA) is 60.8 Å². The van der Waals surface area contributed by atoms with Crippen LogP contribution in [0.2, 0.25) is 0 Å². The number of rotatable bonds is 10. The SMILES string of the molecule is Cc1ccc2c(c1)C(CCN(CCO)Cc1ccc(/C=C/C(=O)CO)cc1)=CC2. The summed E-state index contributed by atoms with van der Waals surface area (Å²) in [6, 6.07) is 14.7. The Kier molecular flexibility index (Phi) is 7.53. The van der Waals surface area contributed by atoms with Crippen LogP contribution in [0.3, 0.4) is 0 Å². The van der Waals surface area contributed by atoms with Crippen LogP contribution >= 0.6 is 0 Å². The number of aliphatic hydroxyl groups excluding tert-OH is 2. The molecule has 3 rings (SSSR count). The molecule has 1 aliphatic carbocycles. The average Bonchev–Trinajstić information content (AvgIpc) is 3.13. The molecule has 0 saturated carbocycles. The fourth-order valence-corrected chi connectivity index (χ4v) is 3.67. The third-order valence-electron chi connectivity index (χ3n) is 5.30. The van der Waals surface area contributed by atoms with Crippen LogP contribution in [0.4, 0.5) is 0 Å². The lowest BCUT2D eigenvalue weighted by molar-refractivity contribution is -0.117. The number of fused-ring (bicyclic) bond motifs is 1. The smallest absolute Gasteiger partial charge is 0.181 e. The Balaban J connectivity index is 1.59. The zero-order chi connectivity index (χ0) is 20.6. The molecule has 0 radical (unpaired) electrons. The molecule has 2 aromatic rings. The lowest BCUT2D eigenvalue weighted by Crippen LogP contribution is -2.27. The number of carbonyl (C=O) groups is 1. The van der Waals surface area contributed by atoms with Gasteiger partial charge in [-0.3, -0.25) is 9.69 Å². The fraction of sp³-hybridized carbons (Fsp3) is 0.320. The Morgan fingerprint density at radius 2 is 1.90 bits per heavy atom. The zero-order valence-corrected chi connectivity index (χ0v) is 17.0. The lowest BCUT2D eigenvalue weighted by Gasteiger charge is -2.22. The first kappa shape index (κ1) is 21.2. The van der Waals surface area contributed by atoms with Crippen LogP contribution in [-0.2, 0) is 17.8 Å². The van der Waals surface area contributed by atoms with Gasteiger partial charge in [0, 0.05) is 19.6 Å². The van der Waals surface area contributed by atoms with Gasteiger partial charge in [0.1, 0.15) is 6.61 Å². The van der Waals surface area contributed by atoms with Gasteiger partial charge in [0.15, 0.2) is 5.78 Å². The van der Waals surface area contributed by atoms with Crippen molar-refractivity contribution < 1.29 is 15.0 Å². The lowest BCUT2D eigenvalue weighted by atomic mass is 10.0. The van der Waals surface area contributed by atoms with E-state index < -0.39 is 6.61 Å². The van der Waals surface area contributed by atoms with Crippen molar-refractivity contribution in [1.29, 1.82) is 0 Å². The number of carbonyl (C=O) groups excluding carboxylic acids is 1. The van der Waals surface area contributed by atoms with Gasteiger partial charge in [-0.2, -0.15) is 0 Å². The second-order valence-corrected chi connectivity index (χ2v) is 7.54. The molecule has 0 heterocycles. The third-order valence-corrected chi connectivity index (χ3v) is 5.30. The Morgan fingerprint density at radius 1 is 1.10 bits per heavy atom. The van der Waals surface area contributed by atoms with E-state index in [0.717, 1.165) is 31.5 Å². The minimum Gasteiger partial charge on any atom is -0.395 e. The highest BCUT2D eigenvalue weighted by atomic mass is 16.3. The van der Waals surface area contributed by atoms with Crippen LogP contribution in [0, 0.1) is 6.92 Å². The third kappa shape index (κ3) is 5.97. The summed E-state index contributed by atoms with van der Waals surface area (Å²) in [6.45, 7) is 4.11. The normalized spacial score (nSPS) is 13.2. The molecule has 0 bridgehead atoms. The van der Waals surface area contributed by atoms with E-state index in [0.29, 0.717) is 6.54 Å². The van der Waals surface area contributed by atoms with Gasteiger partial charge in [0.2, 0.25) is 0 Å². The van der Waals surface area contributed by atoms with Crippen LogP contribution in [0.5, 0.6) is 0 Å². The van der Waals surface area contributed by atoms with Crippen molar-refractivity contribution in [2.75, 3.05) is 26.3 Å². The second-order valence-electron chi connectivity index (χ2n) is 7.54. The molecular weight excluding hydrogens is 362 g/mol. The van der Waals surface area contributed by atoms with E-state index in [1.165, 1.54) is 33.9 Å². The predicted molar refractivity (Wildman–Crippen MR) is 117 cm³/mol. The molecule has 0 spiro atoms. The monoisotopic (exact) mass is 391 g/mol. The first-order valence-electron chi connectivity index (χ1n) is 10.1. The molecule has 0 unspecified atom stereocenters. The summed E-state index contributed by atoms with van der Waals surface area (Å²) in [4.78, 5) is 13.4. The van der Waals surface area contributed by atoms with E-state index in [-0.39, 0.29) is 12.4 Å². The summed E-state index contributed by atoms with van der Waals surface area (Å²) in [7, 11) is 0. The number of ketones is 1. The van der Waals surface area contributed by atoms with Crippen molar-refractivity contribution in [2.24, 2.45) is 0 Å². The van der Waals surface area contributed by atoms with Crippen molar-refractivity contribution in [3.63, 3.8) is 0 Å². The Bertz CT molecular complexity index is 897. The van der Waals surface area contributed by atoms with Crippen LogP contribution in [0.25, 0.3) is 11.6 Å². The molecule has 4 nitrogen and oxygen atoms in total. The van der Waals surface area contributed by atoms with Crippen molar-refractivity contribution in [3.8, 4) is 0 Å². The van der Waals surface area contributed by atoms with Crippen molar-refractivity contribution >= 4 is 17.4 Å². The number of allylic oxidation sites excluding steroid dienone is 1. The van der Waals surface area contributed by atoms with Gasteiger partial charge < -0.3 is 10.2 Å². The molecule has 2 aromatic carbocycles. The molecule has 0 aliphatic heterocycles. The number of aliphatic hydroxyl groups is 2. The number of hydrogen-bond acceptors (Lipinski definition) is 4. The van der Waals surface area contributed by atoms with Crippen molar-refractivity contribution in [1.82, 2.24) is 4.90 Å². The van der Waals surface area contributed by atoms with Crippen molar-refractivity contribution in [2.45, 2.75) is 26.3 Å². The van der Waals surface area contributed by atoms with E-state index in [1.807, 2.05) is 24.3 Å². The summed E-state index contributed by atoms with van der Waals surface area (Å²) in [6.07, 6.45) is 7.41. The van der Waals surface area contributed by atoms with Gasteiger partial charge >= 0.3 is 0 Å². The summed E-state index contributed by atoms with van der Waals surface area (Å²) in [5, 5.41) is 18.2. The molecule has 29 heavy (non-hydrogen) atoms. The molecule has 2 N–H and O–H groups in total. The zero-order valence-electron chi connectivity index (χ0n) is 17.0. The van der Waals surface area contributed by atoms with E-state index in [2.05, 4.69) is 36.1 Å². The highest BCUT2D eigenvalue weighted by molar-refractivity contribution is 5.94. The molecule has 4 heteroatoms. The summed E-state index contributed by atoms with van der Waals surface area (Å²) in [5.41, 5.74) is 7.57. The Morgan fingerprint density at radius 3 is 2.62 bits per heavy atom. The standard InChI is InChI=1S/C25H29NO3/c1-19-2-8-22-9-10-23(25(22)16-19)12-13-26(14-15-27)17-21-5-3-20(4-6-21)7-11-24(29)18-28/h2-8,10-11,16,27-28H,9,12-15,17-18H2,1H3/b11-7+. The number of hydrogen-bond donors (Lipinski definition) is 2. The Labute approximate surface area is 172 Å². The highest BCUT2D eigenvalue weighted by Gasteiger charge is 2.15. The second kappa shape index (κ2) is 10.3. The minimum atomic E-state index is -0.467. The molecule has 0 saturated heterocycles. The summed E-state index contributed by atoms with van der Waals surface area (Å²) >= 11 is 0. The van der Waals surface area contributed by atoms with Gasteiger partial charge in [-0.15, -0.1) is 0 Å². The molecule has 0 amide bonds. The quantitative estimate of drug-likeness (QED) is 0.610. The highest BCUT2D eigenvalue weighted by Crippen LogP contribution is 2.30. The Hall–Kier alpha value is -2.53. The van der Waals surface area contributed by atoms with Crippen LogP contribution in [0.15, 0.2) is 54.6 Å². The van der Waals surface area contributed by atoms with Gasteiger partial charge in [-0.1, -0.05) is 60.2 Å². The largest absolute Gasteiger partial charge is 0.395 e. The molecule has 0 fully saturated rings. The van der Waals surface area contributed by atoms with E-state index >= 15 is 0 Å². The molecule has 0 atom stereocenters.